The van der Waals surface area contributed by atoms with E-state index in [-0.39, 0.29) is 5.91 Å². The van der Waals surface area contributed by atoms with Gasteiger partial charge < -0.3 is 14.2 Å². The Morgan fingerprint density at radius 3 is 2.48 bits per heavy atom. The van der Waals surface area contributed by atoms with Crippen molar-refractivity contribution in [3.05, 3.63) is 17.5 Å². The van der Waals surface area contributed by atoms with E-state index in [1.54, 1.807) is 0 Å². The van der Waals surface area contributed by atoms with Crippen LogP contribution in [0.5, 0.6) is 0 Å². The molecule has 6 heteroatoms. The van der Waals surface area contributed by atoms with Gasteiger partial charge in [0.2, 0.25) is 0 Å². The van der Waals surface area contributed by atoms with E-state index in [2.05, 4.69) is 23.9 Å². The number of carbonyl (C=O) groups excluding carboxylic acids is 1. The van der Waals surface area contributed by atoms with Gasteiger partial charge >= 0.3 is 0 Å². The molecule has 2 unspecified atom stereocenters. The number of rotatable bonds is 4. The van der Waals surface area contributed by atoms with Crippen LogP contribution >= 0.6 is 0 Å². The first-order valence-electron chi connectivity index (χ1n) is 9.72. The van der Waals surface area contributed by atoms with Gasteiger partial charge in [0.15, 0.2) is 5.69 Å². The summed E-state index contributed by atoms with van der Waals surface area (Å²) >= 11 is 0. The predicted octanol–water partition coefficient (Wildman–Crippen LogP) is 2.51. The van der Waals surface area contributed by atoms with Crippen LogP contribution in [-0.4, -0.2) is 65.8 Å². The number of nitrogens with zero attached hydrogens (tertiary/aromatic N) is 3. The number of carbonyl (C=O) groups is 1. The minimum absolute atomic E-state index is 0.0303. The lowest BCUT2D eigenvalue weighted by molar-refractivity contribution is -0.0728. The van der Waals surface area contributed by atoms with E-state index in [1.807, 2.05) is 11.0 Å². The van der Waals surface area contributed by atoms with Crippen LogP contribution in [0, 0.1) is 5.92 Å². The smallest absolute Gasteiger partial charge is 0.276 e. The van der Waals surface area contributed by atoms with Gasteiger partial charge in [-0.15, -0.1) is 0 Å². The monoisotopic (exact) mass is 347 g/mol. The molecule has 3 aliphatic rings. The molecule has 1 aliphatic carbocycles. The van der Waals surface area contributed by atoms with E-state index < -0.39 is 0 Å². The highest BCUT2D eigenvalue weighted by Gasteiger charge is 2.32. The first kappa shape index (κ1) is 17.0. The summed E-state index contributed by atoms with van der Waals surface area (Å²) in [4.78, 5) is 17.1. The maximum Gasteiger partial charge on any atom is 0.276 e. The zero-order valence-corrected chi connectivity index (χ0v) is 15.3. The van der Waals surface area contributed by atoms with Crippen molar-refractivity contribution in [2.75, 3.05) is 32.7 Å². The molecule has 1 amide bonds. The largest absolute Gasteiger partial charge is 0.373 e. The lowest BCUT2D eigenvalue weighted by atomic mass is 9.95. The Bertz CT molecular complexity index is 595. The van der Waals surface area contributed by atoms with Gasteiger partial charge in [0.1, 0.15) is 5.76 Å². The van der Waals surface area contributed by atoms with Gasteiger partial charge in [-0.1, -0.05) is 5.16 Å². The second-order valence-corrected chi connectivity index (χ2v) is 8.10. The van der Waals surface area contributed by atoms with Crippen LogP contribution in [0.2, 0.25) is 0 Å². The van der Waals surface area contributed by atoms with Crippen LogP contribution in [0.15, 0.2) is 10.6 Å². The third kappa shape index (κ3) is 4.06. The van der Waals surface area contributed by atoms with Crippen LogP contribution in [-0.2, 0) is 4.74 Å². The molecule has 0 bridgehead atoms. The van der Waals surface area contributed by atoms with Crippen LogP contribution in [0.25, 0.3) is 0 Å². The number of hydrogen-bond acceptors (Lipinski definition) is 5. The predicted molar refractivity (Wildman–Crippen MR) is 93.6 cm³/mol. The van der Waals surface area contributed by atoms with E-state index in [1.165, 1.54) is 0 Å². The Balaban J connectivity index is 1.26. The van der Waals surface area contributed by atoms with Crippen LogP contribution < -0.4 is 0 Å². The maximum atomic E-state index is 12.6. The van der Waals surface area contributed by atoms with Crippen LogP contribution in [0.1, 0.15) is 61.7 Å². The van der Waals surface area contributed by atoms with E-state index in [9.17, 15) is 4.79 Å². The second-order valence-electron chi connectivity index (χ2n) is 8.10. The number of likely N-dealkylation sites (tertiary alicyclic amines) is 1. The number of piperidine rings is 1. The summed E-state index contributed by atoms with van der Waals surface area (Å²) in [6.45, 7) is 9.11. The molecular formula is C19H29N3O3. The Labute approximate surface area is 149 Å². The summed E-state index contributed by atoms with van der Waals surface area (Å²) in [5, 5.41) is 3.99. The molecule has 25 heavy (non-hydrogen) atoms. The van der Waals surface area contributed by atoms with Gasteiger partial charge in [-0.2, -0.15) is 0 Å². The van der Waals surface area contributed by atoms with Gasteiger partial charge in [-0.3, -0.25) is 9.69 Å². The standard InChI is InChI=1S/C19H29N3O3/c1-13-10-21(11-14(2)24-13)12-15-5-7-22(8-6-15)19(23)17-9-18(25-20-17)16-3-4-16/h9,13-16H,3-8,10-12H2,1-2H3. The lowest BCUT2D eigenvalue weighted by Gasteiger charge is -2.39. The van der Waals surface area contributed by atoms with Gasteiger partial charge in [-0.25, -0.2) is 0 Å². The molecular weight excluding hydrogens is 318 g/mol. The van der Waals surface area contributed by atoms with E-state index in [0.717, 1.165) is 64.2 Å². The highest BCUT2D eigenvalue weighted by Crippen LogP contribution is 2.40. The molecule has 0 radical (unpaired) electrons. The van der Waals surface area contributed by atoms with Crippen molar-refractivity contribution >= 4 is 5.91 Å². The van der Waals surface area contributed by atoms with E-state index in [4.69, 9.17) is 9.26 Å². The van der Waals surface area contributed by atoms with E-state index in [0.29, 0.717) is 29.7 Å². The fourth-order valence-electron chi connectivity index (χ4n) is 4.23. The fraction of sp³-hybridized carbons (Fsp3) is 0.789. The van der Waals surface area contributed by atoms with Crippen molar-refractivity contribution in [1.29, 1.82) is 0 Å². The minimum Gasteiger partial charge on any atom is -0.373 e. The van der Waals surface area contributed by atoms with E-state index >= 15 is 0 Å². The molecule has 1 aromatic rings. The molecule has 1 saturated carbocycles. The van der Waals surface area contributed by atoms with Crippen LogP contribution in [0.4, 0.5) is 0 Å². The quantitative estimate of drug-likeness (QED) is 0.838. The molecule has 3 fully saturated rings. The molecule has 3 heterocycles. The van der Waals surface area contributed by atoms with Crippen molar-refractivity contribution in [3.63, 3.8) is 0 Å². The molecule has 2 aliphatic heterocycles. The number of amides is 1. The molecule has 2 saturated heterocycles. The normalized spacial score (nSPS) is 29.1. The summed E-state index contributed by atoms with van der Waals surface area (Å²) in [5.74, 6) is 2.08. The summed E-state index contributed by atoms with van der Waals surface area (Å²) in [5.41, 5.74) is 0.483. The number of hydrogen-bond donors (Lipinski definition) is 0. The number of ether oxygens (including phenoxy) is 1. The summed E-state index contributed by atoms with van der Waals surface area (Å²) in [6, 6.07) is 1.85. The first-order chi connectivity index (χ1) is 12.1. The van der Waals surface area contributed by atoms with Gasteiger partial charge in [0.05, 0.1) is 12.2 Å². The summed E-state index contributed by atoms with van der Waals surface area (Å²) < 4.78 is 11.1. The Kier molecular flexibility index (Phi) is 4.82. The summed E-state index contributed by atoms with van der Waals surface area (Å²) in [7, 11) is 0. The summed E-state index contributed by atoms with van der Waals surface area (Å²) in [6.07, 6.45) is 5.09. The Hall–Kier alpha value is -1.40. The topological polar surface area (TPSA) is 58.8 Å². The molecule has 2 atom stereocenters. The number of aromatic nitrogens is 1. The minimum atomic E-state index is 0.0303. The fourth-order valence-corrected chi connectivity index (χ4v) is 4.23. The van der Waals surface area contributed by atoms with Crippen LogP contribution in [0.3, 0.4) is 0 Å². The zero-order chi connectivity index (χ0) is 17.4. The average molecular weight is 347 g/mol. The van der Waals surface area contributed by atoms with Crippen molar-refractivity contribution < 1.29 is 14.1 Å². The molecule has 138 valence electrons. The van der Waals surface area contributed by atoms with Crippen molar-refractivity contribution in [2.45, 2.75) is 57.7 Å². The zero-order valence-electron chi connectivity index (χ0n) is 15.3. The van der Waals surface area contributed by atoms with Gasteiger partial charge in [0, 0.05) is 44.7 Å². The Morgan fingerprint density at radius 1 is 1.16 bits per heavy atom. The molecule has 6 nitrogen and oxygen atoms in total. The highest BCUT2D eigenvalue weighted by molar-refractivity contribution is 5.92. The molecule has 4 rings (SSSR count). The SMILES string of the molecule is CC1CN(CC2CCN(C(=O)c3cc(C4CC4)on3)CC2)CC(C)O1. The maximum absolute atomic E-state index is 12.6. The van der Waals surface area contributed by atoms with Gasteiger partial charge in [0.25, 0.3) is 5.91 Å². The first-order valence-corrected chi connectivity index (χ1v) is 9.72. The van der Waals surface area contributed by atoms with Crippen molar-refractivity contribution in [1.82, 2.24) is 15.0 Å². The third-order valence-electron chi connectivity index (χ3n) is 5.64. The third-order valence-corrected chi connectivity index (χ3v) is 5.64. The van der Waals surface area contributed by atoms with Crippen molar-refractivity contribution in [2.24, 2.45) is 5.92 Å². The molecule has 0 aromatic carbocycles. The number of morpholine rings is 1. The highest BCUT2D eigenvalue weighted by atomic mass is 16.5. The van der Waals surface area contributed by atoms with Gasteiger partial charge in [-0.05, 0) is 45.4 Å². The van der Waals surface area contributed by atoms with Crippen molar-refractivity contribution in [3.8, 4) is 0 Å². The molecule has 0 N–H and O–H groups in total. The molecule has 1 aromatic heterocycles. The average Bonchev–Trinajstić information content (AvgIpc) is 3.31. The lowest BCUT2D eigenvalue weighted by Crippen LogP contribution is -2.48. The Morgan fingerprint density at radius 2 is 1.84 bits per heavy atom. The molecule has 0 spiro atoms. The second kappa shape index (κ2) is 7.08.